The van der Waals surface area contributed by atoms with Crippen molar-refractivity contribution in [3.8, 4) is 5.75 Å². The van der Waals surface area contributed by atoms with Crippen molar-refractivity contribution in [3.05, 3.63) is 23.8 Å². The van der Waals surface area contributed by atoms with Gasteiger partial charge in [0.25, 0.3) is 11.7 Å². The summed E-state index contributed by atoms with van der Waals surface area (Å²) in [5.74, 6) is -2.08. The van der Waals surface area contributed by atoms with Gasteiger partial charge in [-0.1, -0.05) is 0 Å². The highest BCUT2D eigenvalue weighted by Crippen LogP contribution is 2.33. The van der Waals surface area contributed by atoms with Crippen molar-refractivity contribution in [3.63, 3.8) is 0 Å². The monoisotopic (exact) mass is 302 g/mol. The van der Waals surface area contributed by atoms with Gasteiger partial charge in [-0.3, -0.25) is 9.59 Å². The molecule has 5 nitrogen and oxygen atoms in total. The Bertz CT molecular complexity index is 585. The Hall–Kier alpha value is -2.09. The molecule has 0 unspecified atom stereocenters. The van der Waals surface area contributed by atoms with E-state index >= 15 is 0 Å². The Kier molecular flexibility index (Phi) is 3.91. The Morgan fingerprint density at radius 2 is 1.90 bits per heavy atom. The van der Waals surface area contributed by atoms with Crippen LogP contribution in [-0.4, -0.2) is 50.1 Å². The molecule has 21 heavy (non-hydrogen) atoms. The van der Waals surface area contributed by atoms with Crippen LogP contribution in [0.1, 0.15) is 10.4 Å². The van der Waals surface area contributed by atoms with E-state index in [1.54, 1.807) is 0 Å². The van der Waals surface area contributed by atoms with Gasteiger partial charge in [-0.15, -0.1) is 13.2 Å². The molecule has 1 aliphatic heterocycles. The van der Waals surface area contributed by atoms with Crippen LogP contribution in [0.2, 0.25) is 0 Å². The lowest BCUT2D eigenvalue weighted by atomic mass is 10.1. The molecule has 0 aromatic heterocycles. The zero-order chi connectivity index (χ0) is 15.8. The van der Waals surface area contributed by atoms with Gasteiger partial charge in [-0.05, 0) is 32.3 Å². The van der Waals surface area contributed by atoms with E-state index in [-0.39, 0.29) is 12.1 Å². The molecule has 0 bridgehead atoms. The van der Waals surface area contributed by atoms with Gasteiger partial charge in [0.05, 0.1) is 11.3 Å². The summed E-state index contributed by atoms with van der Waals surface area (Å²) in [6.07, 6.45) is -4.84. The van der Waals surface area contributed by atoms with Gasteiger partial charge in [0.1, 0.15) is 5.75 Å². The van der Waals surface area contributed by atoms with Gasteiger partial charge in [-0.2, -0.15) is 0 Å². The maximum absolute atomic E-state index is 12.2. The van der Waals surface area contributed by atoms with E-state index in [0.717, 1.165) is 12.1 Å². The van der Waals surface area contributed by atoms with E-state index in [0.29, 0.717) is 12.2 Å². The molecule has 0 spiro atoms. The van der Waals surface area contributed by atoms with Gasteiger partial charge in [0, 0.05) is 13.1 Å². The number of alkyl halides is 3. The Morgan fingerprint density at radius 3 is 2.48 bits per heavy atom. The summed E-state index contributed by atoms with van der Waals surface area (Å²) in [5, 5.41) is 0. The summed E-state index contributed by atoms with van der Waals surface area (Å²) < 4.78 is 40.2. The SMILES string of the molecule is CN(C)CCN1C(=O)C(=O)c2cc(OC(F)(F)F)ccc21. The summed E-state index contributed by atoms with van der Waals surface area (Å²) in [6.45, 7) is 0.809. The van der Waals surface area contributed by atoms with Gasteiger partial charge in [0.2, 0.25) is 0 Å². The lowest BCUT2D eigenvalue weighted by Gasteiger charge is -2.19. The second-order valence-corrected chi connectivity index (χ2v) is 4.82. The molecule has 0 fully saturated rings. The largest absolute Gasteiger partial charge is 0.573 e. The minimum Gasteiger partial charge on any atom is -0.406 e. The maximum Gasteiger partial charge on any atom is 0.573 e. The number of fused-ring (bicyclic) bond motifs is 1. The van der Waals surface area contributed by atoms with Crippen LogP contribution in [0.25, 0.3) is 0 Å². The molecule has 1 amide bonds. The minimum atomic E-state index is -4.84. The van der Waals surface area contributed by atoms with E-state index in [2.05, 4.69) is 4.74 Å². The molecular formula is C13H13F3N2O3. The molecule has 0 atom stereocenters. The van der Waals surface area contributed by atoms with Crippen LogP contribution in [0.15, 0.2) is 18.2 Å². The number of carbonyl (C=O) groups excluding carboxylic acids is 2. The Morgan fingerprint density at radius 1 is 1.24 bits per heavy atom. The third-order valence-electron chi connectivity index (χ3n) is 2.95. The van der Waals surface area contributed by atoms with E-state index < -0.39 is 23.8 Å². The Labute approximate surface area is 118 Å². The molecule has 0 aliphatic carbocycles. The van der Waals surface area contributed by atoms with Crippen molar-refractivity contribution in [2.45, 2.75) is 6.36 Å². The number of Topliss-reactive ketones (excluding diaryl/α,β-unsaturated/α-hetero) is 1. The highest BCUT2D eigenvalue weighted by Gasteiger charge is 2.37. The minimum absolute atomic E-state index is 0.0690. The van der Waals surface area contributed by atoms with Crippen molar-refractivity contribution >= 4 is 17.4 Å². The Balaban J connectivity index is 2.28. The summed E-state index contributed by atoms with van der Waals surface area (Å²) >= 11 is 0. The van der Waals surface area contributed by atoms with Crippen molar-refractivity contribution in [1.82, 2.24) is 4.90 Å². The number of ether oxygens (including phenoxy) is 1. The summed E-state index contributed by atoms with van der Waals surface area (Å²) in [6, 6.07) is 3.31. The van der Waals surface area contributed by atoms with Crippen molar-refractivity contribution in [2.75, 3.05) is 32.1 Å². The first-order chi connectivity index (χ1) is 9.69. The first-order valence-electron chi connectivity index (χ1n) is 6.10. The van der Waals surface area contributed by atoms with Crippen molar-refractivity contribution in [1.29, 1.82) is 0 Å². The number of amides is 1. The first kappa shape index (κ1) is 15.3. The molecule has 0 saturated carbocycles. The third kappa shape index (κ3) is 3.33. The van der Waals surface area contributed by atoms with Crippen LogP contribution >= 0.6 is 0 Å². The zero-order valence-corrected chi connectivity index (χ0v) is 11.4. The van der Waals surface area contributed by atoms with Crippen LogP contribution in [0, 0.1) is 0 Å². The van der Waals surface area contributed by atoms with Gasteiger partial charge in [0.15, 0.2) is 0 Å². The maximum atomic E-state index is 12.2. The van der Waals surface area contributed by atoms with Crippen LogP contribution in [-0.2, 0) is 4.79 Å². The van der Waals surface area contributed by atoms with Gasteiger partial charge < -0.3 is 14.5 Å². The van der Waals surface area contributed by atoms with Crippen LogP contribution < -0.4 is 9.64 Å². The smallest absolute Gasteiger partial charge is 0.406 e. The number of hydrogen-bond acceptors (Lipinski definition) is 4. The lowest BCUT2D eigenvalue weighted by Crippen LogP contribution is -2.35. The molecule has 1 aliphatic rings. The summed E-state index contributed by atoms with van der Waals surface area (Å²) in [4.78, 5) is 26.8. The molecule has 0 N–H and O–H groups in total. The molecular weight excluding hydrogens is 289 g/mol. The number of carbonyl (C=O) groups is 2. The number of nitrogens with zero attached hydrogens (tertiary/aromatic N) is 2. The fourth-order valence-electron chi connectivity index (χ4n) is 2.00. The van der Waals surface area contributed by atoms with Gasteiger partial charge in [-0.25, -0.2) is 0 Å². The molecule has 2 rings (SSSR count). The topological polar surface area (TPSA) is 49.9 Å². The summed E-state index contributed by atoms with van der Waals surface area (Å²) in [5.41, 5.74) is 0.238. The van der Waals surface area contributed by atoms with Crippen LogP contribution in [0.4, 0.5) is 18.9 Å². The second kappa shape index (κ2) is 5.36. The highest BCUT2D eigenvalue weighted by atomic mass is 19.4. The van der Waals surface area contributed by atoms with E-state index in [4.69, 9.17) is 0 Å². The standard InChI is InChI=1S/C13H13F3N2O3/c1-17(2)5-6-18-10-4-3-8(21-13(14,15)16)7-9(10)11(19)12(18)20/h3-4,7H,5-6H2,1-2H3. The normalized spacial score (nSPS) is 14.9. The average Bonchev–Trinajstić information content (AvgIpc) is 2.58. The van der Waals surface area contributed by atoms with Gasteiger partial charge >= 0.3 is 6.36 Å². The number of anilines is 1. The first-order valence-corrected chi connectivity index (χ1v) is 6.10. The van der Waals surface area contributed by atoms with Crippen LogP contribution in [0.3, 0.4) is 0 Å². The lowest BCUT2D eigenvalue weighted by molar-refractivity contribution is -0.274. The molecule has 1 heterocycles. The van der Waals surface area contributed by atoms with E-state index in [9.17, 15) is 22.8 Å². The summed E-state index contributed by atoms with van der Waals surface area (Å²) in [7, 11) is 3.62. The quantitative estimate of drug-likeness (QED) is 0.794. The van der Waals surface area contributed by atoms with Crippen molar-refractivity contribution < 1.29 is 27.5 Å². The highest BCUT2D eigenvalue weighted by molar-refractivity contribution is 6.52. The number of hydrogen-bond donors (Lipinski definition) is 0. The number of benzene rings is 1. The fraction of sp³-hybridized carbons (Fsp3) is 0.385. The van der Waals surface area contributed by atoms with Crippen molar-refractivity contribution in [2.24, 2.45) is 0 Å². The fourth-order valence-corrected chi connectivity index (χ4v) is 2.00. The predicted octanol–water partition coefficient (Wildman–Crippen LogP) is 1.68. The molecule has 0 saturated heterocycles. The third-order valence-corrected chi connectivity index (χ3v) is 2.95. The number of rotatable bonds is 4. The molecule has 1 aromatic carbocycles. The second-order valence-electron chi connectivity index (χ2n) is 4.82. The molecule has 114 valence electrons. The number of likely N-dealkylation sites (N-methyl/N-ethyl adjacent to an activating group) is 1. The van der Waals surface area contributed by atoms with Crippen LogP contribution in [0.5, 0.6) is 5.75 Å². The molecule has 0 radical (unpaired) electrons. The molecule has 8 heteroatoms. The predicted molar refractivity (Wildman–Crippen MR) is 68.4 cm³/mol. The zero-order valence-electron chi connectivity index (χ0n) is 11.4. The number of ketones is 1. The van der Waals surface area contributed by atoms with E-state index in [1.165, 1.54) is 11.0 Å². The molecule has 1 aromatic rings. The number of halogens is 3. The average molecular weight is 302 g/mol. The van der Waals surface area contributed by atoms with E-state index in [1.807, 2.05) is 19.0 Å².